The summed E-state index contributed by atoms with van der Waals surface area (Å²) >= 11 is 5.45. The molecule has 0 unspecified atom stereocenters. The fourth-order valence-electron chi connectivity index (χ4n) is 0.928. The summed E-state index contributed by atoms with van der Waals surface area (Å²) in [6.45, 7) is 0.359. The van der Waals surface area contributed by atoms with Crippen molar-refractivity contribution in [3.63, 3.8) is 0 Å². The van der Waals surface area contributed by atoms with Gasteiger partial charge in [-0.15, -0.1) is 0 Å². The Hall–Kier alpha value is -0.800. The van der Waals surface area contributed by atoms with E-state index in [-0.39, 0.29) is 10.8 Å². The second-order valence-electron chi connectivity index (χ2n) is 2.41. The third-order valence-corrected chi connectivity index (χ3v) is 1.92. The molecule has 0 radical (unpaired) electrons. The lowest BCUT2D eigenvalue weighted by molar-refractivity contribution is 0.468. The van der Waals surface area contributed by atoms with E-state index >= 15 is 0 Å². The van der Waals surface area contributed by atoms with E-state index in [4.69, 9.17) is 22.4 Å². The van der Waals surface area contributed by atoms with Crippen molar-refractivity contribution >= 4 is 11.6 Å². The summed E-state index contributed by atoms with van der Waals surface area (Å²) in [4.78, 5) is 0. The summed E-state index contributed by atoms with van der Waals surface area (Å²) in [6.07, 6.45) is 0.422. The van der Waals surface area contributed by atoms with Gasteiger partial charge in [-0.25, -0.2) is 4.39 Å². The molecule has 0 saturated heterocycles. The highest BCUT2D eigenvalue weighted by atomic mass is 35.5. The van der Waals surface area contributed by atoms with E-state index in [1.165, 1.54) is 12.1 Å². The van der Waals surface area contributed by atoms with Gasteiger partial charge < -0.3 is 10.8 Å². The predicted octanol–water partition coefficient (Wildman–Crippen LogP) is 1.69. The van der Waals surface area contributed by atoms with Gasteiger partial charge in [-0.2, -0.15) is 0 Å². The maximum absolute atomic E-state index is 13.1. The Morgan fingerprint density at radius 3 is 2.75 bits per heavy atom. The molecule has 0 aliphatic heterocycles. The number of nitrogens with two attached hydrogens (primary N) is 1. The van der Waals surface area contributed by atoms with Crippen LogP contribution in [0.1, 0.15) is 5.56 Å². The molecule has 0 heterocycles. The smallest absolute Gasteiger partial charge is 0.148 e. The summed E-state index contributed by atoms with van der Waals surface area (Å²) in [7, 11) is 0. The van der Waals surface area contributed by atoms with E-state index in [2.05, 4.69) is 0 Å². The fourth-order valence-corrected chi connectivity index (χ4v) is 1.11. The van der Waals surface area contributed by atoms with Crippen LogP contribution < -0.4 is 5.73 Å². The minimum Gasteiger partial charge on any atom is -0.506 e. The summed E-state index contributed by atoms with van der Waals surface area (Å²) in [6, 6.07) is 2.83. The molecule has 0 amide bonds. The Morgan fingerprint density at radius 2 is 2.17 bits per heavy atom. The van der Waals surface area contributed by atoms with Gasteiger partial charge in [0.15, 0.2) is 0 Å². The third-order valence-electron chi connectivity index (χ3n) is 1.56. The Balaban J connectivity index is 3.08. The molecule has 0 spiro atoms. The molecule has 1 aromatic carbocycles. The molecule has 66 valence electrons. The molecule has 1 aromatic rings. The number of hydrogen-bond donors (Lipinski definition) is 2. The lowest BCUT2D eigenvalue weighted by Crippen LogP contribution is -2.04. The van der Waals surface area contributed by atoms with Gasteiger partial charge in [-0.1, -0.05) is 17.7 Å². The molecule has 12 heavy (non-hydrogen) atoms. The average Bonchev–Trinajstić information content (AvgIpc) is 2.07. The van der Waals surface area contributed by atoms with E-state index in [0.717, 1.165) is 0 Å². The predicted molar refractivity (Wildman–Crippen MR) is 45.8 cm³/mol. The number of halogens is 2. The summed E-state index contributed by atoms with van der Waals surface area (Å²) in [5, 5.41) is 8.75. The summed E-state index contributed by atoms with van der Waals surface area (Å²) in [5.41, 5.74) is 5.68. The first kappa shape index (κ1) is 9.29. The molecule has 0 aliphatic rings. The van der Waals surface area contributed by atoms with Crippen molar-refractivity contribution in [3.05, 3.63) is 28.5 Å². The van der Waals surface area contributed by atoms with Crippen LogP contribution in [0.4, 0.5) is 4.39 Å². The number of benzene rings is 1. The van der Waals surface area contributed by atoms with E-state index in [1.807, 2.05) is 0 Å². The minimum absolute atomic E-state index is 0.235. The number of rotatable bonds is 2. The molecule has 0 aliphatic carbocycles. The summed E-state index contributed by atoms with van der Waals surface area (Å²) < 4.78 is 13.1. The van der Waals surface area contributed by atoms with E-state index in [0.29, 0.717) is 18.5 Å². The first-order valence-corrected chi connectivity index (χ1v) is 3.90. The highest BCUT2D eigenvalue weighted by Gasteiger charge is 2.09. The SMILES string of the molecule is NCCc1ccc(O)c(Cl)c1F. The van der Waals surface area contributed by atoms with Crippen molar-refractivity contribution in [2.75, 3.05) is 6.54 Å². The van der Waals surface area contributed by atoms with Gasteiger partial charge in [-0.3, -0.25) is 0 Å². The quantitative estimate of drug-likeness (QED) is 0.744. The van der Waals surface area contributed by atoms with E-state index in [1.54, 1.807) is 0 Å². The Kier molecular flexibility index (Phi) is 2.89. The van der Waals surface area contributed by atoms with Crippen LogP contribution >= 0.6 is 11.6 Å². The number of hydrogen-bond acceptors (Lipinski definition) is 2. The second-order valence-corrected chi connectivity index (χ2v) is 2.79. The third kappa shape index (κ3) is 1.68. The molecular weight excluding hydrogens is 181 g/mol. The zero-order valence-corrected chi connectivity index (χ0v) is 7.11. The number of phenols is 1. The molecule has 0 fully saturated rings. The molecule has 0 saturated carbocycles. The van der Waals surface area contributed by atoms with E-state index < -0.39 is 5.82 Å². The number of aromatic hydroxyl groups is 1. The monoisotopic (exact) mass is 189 g/mol. The van der Waals surface area contributed by atoms with Crippen molar-refractivity contribution in [3.8, 4) is 5.75 Å². The highest BCUT2D eigenvalue weighted by molar-refractivity contribution is 6.32. The first-order chi connectivity index (χ1) is 5.66. The van der Waals surface area contributed by atoms with Gasteiger partial charge in [-0.05, 0) is 24.6 Å². The minimum atomic E-state index is -0.581. The van der Waals surface area contributed by atoms with Crippen LogP contribution in [0.3, 0.4) is 0 Å². The molecule has 0 aromatic heterocycles. The maximum atomic E-state index is 13.1. The lowest BCUT2D eigenvalue weighted by Gasteiger charge is -2.03. The normalized spacial score (nSPS) is 10.2. The molecule has 2 nitrogen and oxygen atoms in total. The molecule has 1 rings (SSSR count). The largest absolute Gasteiger partial charge is 0.506 e. The van der Waals surface area contributed by atoms with Crippen LogP contribution in [-0.2, 0) is 6.42 Å². The fraction of sp³-hybridized carbons (Fsp3) is 0.250. The van der Waals surface area contributed by atoms with Gasteiger partial charge in [0.2, 0.25) is 0 Å². The van der Waals surface area contributed by atoms with E-state index in [9.17, 15) is 4.39 Å². The summed E-state index contributed by atoms with van der Waals surface area (Å²) in [5.74, 6) is -0.822. The van der Waals surface area contributed by atoms with Crippen LogP contribution in [0.5, 0.6) is 5.75 Å². The van der Waals surface area contributed by atoms with Crippen LogP contribution in [0, 0.1) is 5.82 Å². The highest BCUT2D eigenvalue weighted by Crippen LogP contribution is 2.28. The van der Waals surface area contributed by atoms with Crippen molar-refractivity contribution in [2.24, 2.45) is 5.73 Å². The van der Waals surface area contributed by atoms with Gasteiger partial charge in [0.25, 0.3) is 0 Å². The molecule has 4 heteroatoms. The average molecular weight is 190 g/mol. The zero-order valence-electron chi connectivity index (χ0n) is 6.35. The van der Waals surface area contributed by atoms with Crippen molar-refractivity contribution < 1.29 is 9.50 Å². The van der Waals surface area contributed by atoms with Crippen LogP contribution in [0.25, 0.3) is 0 Å². The lowest BCUT2D eigenvalue weighted by atomic mass is 10.1. The van der Waals surface area contributed by atoms with Crippen molar-refractivity contribution in [1.29, 1.82) is 0 Å². The van der Waals surface area contributed by atoms with Crippen molar-refractivity contribution in [1.82, 2.24) is 0 Å². The Bertz CT molecular complexity index is 291. The molecule has 3 N–H and O–H groups in total. The van der Waals surface area contributed by atoms with Crippen LogP contribution in [0.2, 0.25) is 5.02 Å². The standard InChI is InChI=1S/C8H9ClFNO/c9-7-6(12)2-1-5(3-4-11)8(7)10/h1-2,12H,3-4,11H2. The van der Waals surface area contributed by atoms with Gasteiger partial charge >= 0.3 is 0 Å². The maximum Gasteiger partial charge on any atom is 0.148 e. The molecule has 0 atom stereocenters. The first-order valence-electron chi connectivity index (χ1n) is 3.52. The van der Waals surface area contributed by atoms with Gasteiger partial charge in [0.1, 0.15) is 16.6 Å². The zero-order chi connectivity index (χ0) is 9.14. The van der Waals surface area contributed by atoms with Gasteiger partial charge in [0, 0.05) is 0 Å². The molecule has 0 bridgehead atoms. The van der Waals surface area contributed by atoms with Crippen LogP contribution in [-0.4, -0.2) is 11.7 Å². The topological polar surface area (TPSA) is 46.2 Å². The molecular formula is C8H9ClFNO. The Morgan fingerprint density at radius 1 is 1.50 bits per heavy atom. The van der Waals surface area contributed by atoms with Gasteiger partial charge in [0.05, 0.1) is 0 Å². The second kappa shape index (κ2) is 3.74. The number of phenolic OH excluding ortho intramolecular Hbond substituents is 1. The Labute approximate surface area is 74.8 Å². The van der Waals surface area contributed by atoms with Crippen LogP contribution in [0.15, 0.2) is 12.1 Å². The van der Waals surface area contributed by atoms with Crippen molar-refractivity contribution in [2.45, 2.75) is 6.42 Å².